The summed E-state index contributed by atoms with van der Waals surface area (Å²) < 4.78 is 10.1. The molecule has 1 heterocycles. The van der Waals surface area contributed by atoms with Crippen LogP contribution in [0.5, 0.6) is 0 Å². The number of thiocarbonyl (C=S) groups is 1. The highest BCUT2D eigenvalue weighted by atomic mass is 32.2. The zero-order valence-electron chi connectivity index (χ0n) is 5.61. The Morgan fingerprint density at radius 1 is 2.00 bits per heavy atom. The summed E-state index contributed by atoms with van der Waals surface area (Å²) in [5.41, 5.74) is 0. The Morgan fingerprint density at radius 2 is 2.73 bits per heavy atom. The van der Waals surface area contributed by atoms with E-state index in [1.807, 2.05) is 0 Å². The second kappa shape index (κ2) is 3.73. The topological polar surface area (TPSA) is 35.5 Å². The van der Waals surface area contributed by atoms with Gasteiger partial charge in [0.05, 0.1) is 5.75 Å². The van der Waals surface area contributed by atoms with Gasteiger partial charge in [-0.1, -0.05) is 18.3 Å². The Kier molecular flexibility index (Phi) is 2.90. The van der Waals surface area contributed by atoms with Crippen molar-refractivity contribution in [2.45, 2.75) is 6.29 Å². The van der Waals surface area contributed by atoms with Gasteiger partial charge >= 0.3 is 5.97 Å². The minimum absolute atomic E-state index is 0.423. The molecular weight excluding hydrogens is 184 g/mol. The maximum atomic E-state index is 10.6. The van der Waals surface area contributed by atoms with E-state index < -0.39 is 12.3 Å². The molecule has 0 bridgehead atoms. The summed E-state index contributed by atoms with van der Waals surface area (Å²) in [5.74, 6) is 0.0820. The molecule has 0 N–H and O–H groups in total. The lowest BCUT2D eigenvalue weighted by Crippen LogP contribution is -2.17. The van der Waals surface area contributed by atoms with Crippen LogP contribution in [0.15, 0.2) is 12.7 Å². The van der Waals surface area contributed by atoms with Crippen LogP contribution in [-0.4, -0.2) is 22.4 Å². The normalized spacial score (nSPS) is 22.5. The van der Waals surface area contributed by atoms with Gasteiger partial charge in [-0.25, -0.2) is 4.79 Å². The molecule has 0 radical (unpaired) electrons. The molecule has 3 nitrogen and oxygen atoms in total. The van der Waals surface area contributed by atoms with Gasteiger partial charge in [0.1, 0.15) is 0 Å². The fraction of sp³-hybridized carbons (Fsp3) is 0.333. The third kappa shape index (κ3) is 2.51. The van der Waals surface area contributed by atoms with Gasteiger partial charge in [0.2, 0.25) is 4.38 Å². The largest absolute Gasteiger partial charge is 0.437 e. The molecular formula is C6H6O3S2. The van der Waals surface area contributed by atoms with Crippen LogP contribution < -0.4 is 0 Å². The number of hydrogen-bond donors (Lipinski definition) is 0. The monoisotopic (exact) mass is 190 g/mol. The van der Waals surface area contributed by atoms with Crippen LogP contribution in [-0.2, 0) is 14.3 Å². The highest BCUT2D eigenvalue weighted by molar-refractivity contribution is 8.22. The molecule has 11 heavy (non-hydrogen) atoms. The maximum absolute atomic E-state index is 10.6. The van der Waals surface area contributed by atoms with E-state index in [4.69, 9.17) is 21.7 Å². The zero-order chi connectivity index (χ0) is 8.27. The highest BCUT2D eigenvalue weighted by Crippen LogP contribution is 2.20. The Hall–Kier alpha value is -0.550. The number of carbonyl (C=O) groups excluding carboxylic acids is 1. The quantitative estimate of drug-likeness (QED) is 0.370. The van der Waals surface area contributed by atoms with Gasteiger partial charge < -0.3 is 9.47 Å². The van der Waals surface area contributed by atoms with Crippen molar-refractivity contribution in [3.05, 3.63) is 12.7 Å². The SMILES string of the molecule is C=CC(=O)OC1CSC(=S)O1. The van der Waals surface area contributed by atoms with E-state index >= 15 is 0 Å². The van der Waals surface area contributed by atoms with Gasteiger partial charge in [0, 0.05) is 6.08 Å². The highest BCUT2D eigenvalue weighted by Gasteiger charge is 2.23. The van der Waals surface area contributed by atoms with E-state index in [-0.39, 0.29) is 0 Å². The van der Waals surface area contributed by atoms with Gasteiger partial charge in [-0.3, -0.25) is 0 Å². The molecule has 0 aliphatic carbocycles. The summed E-state index contributed by atoms with van der Waals surface area (Å²) in [6, 6.07) is 0. The number of ether oxygens (including phenoxy) is 2. The van der Waals surface area contributed by atoms with Crippen molar-refractivity contribution in [1.82, 2.24) is 0 Å². The van der Waals surface area contributed by atoms with Crippen molar-refractivity contribution in [2.24, 2.45) is 0 Å². The predicted molar refractivity (Wildman–Crippen MR) is 46.2 cm³/mol. The van der Waals surface area contributed by atoms with E-state index in [1.54, 1.807) is 0 Å². The molecule has 0 saturated carbocycles. The Balaban J connectivity index is 2.33. The first kappa shape index (κ1) is 8.55. The summed E-state index contributed by atoms with van der Waals surface area (Å²) in [6.45, 7) is 3.25. The molecule has 1 unspecified atom stereocenters. The molecule has 1 atom stereocenters. The molecule has 1 rings (SSSR count). The predicted octanol–water partition coefficient (Wildman–Crippen LogP) is 1.09. The number of esters is 1. The number of carbonyl (C=O) groups is 1. The van der Waals surface area contributed by atoms with E-state index in [0.29, 0.717) is 10.1 Å². The minimum atomic E-state index is -0.530. The third-order valence-electron chi connectivity index (χ3n) is 0.979. The fourth-order valence-corrected chi connectivity index (χ4v) is 1.44. The summed E-state index contributed by atoms with van der Waals surface area (Å²) >= 11 is 6.06. The Labute approximate surface area is 73.7 Å². The summed E-state index contributed by atoms with van der Waals surface area (Å²) in [7, 11) is 0. The van der Waals surface area contributed by atoms with Crippen LogP contribution in [0.25, 0.3) is 0 Å². The number of thioether (sulfide) groups is 1. The first-order valence-electron chi connectivity index (χ1n) is 2.89. The third-order valence-corrected chi connectivity index (χ3v) is 2.20. The van der Waals surface area contributed by atoms with Crippen LogP contribution in [0.1, 0.15) is 0 Å². The molecule has 60 valence electrons. The van der Waals surface area contributed by atoms with Gasteiger partial charge in [0.25, 0.3) is 6.29 Å². The van der Waals surface area contributed by atoms with Gasteiger partial charge in [-0.15, -0.1) is 0 Å². The van der Waals surface area contributed by atoms with E-state index in [2.05, 4.69) is 6.58 Å². The Morgan fingerprint density at radius 3 is 3.18 bits per heavy atom. The smallest absolute Gasteiger partial charge is 0.333 e. The minimum Gasteiger partial charge on any atom is -0.437 e. The lowest BCUT2D eigenvalue weighted by atomic mass is 10.6. The molecule has 5 heteroatoms. The van der Waals surface area contributed by atoms with Crippen LogP contribution in [0.3, 0.4) is 0 Å². The fourth-order valence-electron chi connectivity index (χ4n) is 0.547. The van der Waals surface area contributed by atoms with Crippen molar-refractivity contribution >= 4 is 34.3 Å². The standard InChI is InChI=1S/C6H6O3S2/c1-2-4(7)8-5-3-11-6(10)9-5/h2,5H,1,3H2. The molecule has 1 aliphatic rings. The van der Waals surface area contributed by atoms with Crippen molar-refractivity contribution < 1.29 is 14.3 Å². The number of hydrogen-bond acceptors (Lipinski definition) is 5. The van der Waals surface area contributed by atoms with Crippen LogP contribution in [0.4, 0.5) is 0 Å². The second-order valence-electron chi connectivity index (χ2n) is 1.75. The Bertz CT molecular complexity index is 202. The van der Waals surface area contributed by atoms with Crippen molar-refractivity contribution in [3.63, 3.8) is 0 Å². The van der Waals surface area contributed by atoms with Crippen LogP contribution >= 0.6 is 24.0 Å². The average molecular weight is 190 g/mol. The van der Waals surface area contributed by atoms with Gasteiger partial charge in [-0.05, 0) is 12.2 Å². The first-order valence-corrected chi connectivity index (χ1v) is 4.28. The molecule has 1 fully saturated rings. The molecule has 0 spiro atoms. The summed E-state index contributed by atoms with van der Waals surface area (Å²) in [6.07, 6.45) is 0.563. The molecule has 0 aromatic rings. The van der Waals surface area contributed by atoms with E-state index in [9.17, 15) is 4.79 Å². The zero-order valence-corrected chi connectivity index (χ0v) is 7.24. The molecule has 0 aromatic carbocycles. The van der Waals surface area contributed by atoms with E-state index in [0.717, 1.165) is 6.08 Å². The second-order valence-corrected chi connectivity index (χ2v) is 3.37. The van der Waals surface area contributed by atoms with Gasteiger partial charge in [0.15, 0.2) is 0 Å². The van der Waals surface area contributed by atoms with Crippen LogP contribution in [0, 0.1) is 0 Å². The first-order chi connectivity index (χ1) is 5.22. The molecule has 0 amide bonds. The van der Waals surface area contributed by atoms with Crippen molar-refractivity contribution in [3.8, 4) is 0 Å². The average Bonchev–Trinajstić information content (AvgIpc) is 2.35. The van der Waals surface area contributed by atoms with Crippen molar-refractivity contribution in [2.75, 3.05) is 5.75 Å². The lowest BCUT2D eigenvalue weighted by Gasteiger charge is -2.07. The number of rotatable bonds is 2. The molecule has 1 aliphatic heterocycles. The van der Waals surface area contributed by atoms with Crippen molar-refractivity contribution in [1.29, 1.82) is 0 Å². The maximum Gasteiger partial charge on any atom is 0.333 e. The molecule has 0 aromatic heterocycles. The molecule has 1 saturated heterocycles. The van der Waals surface area contributed by atoms with Gasteiger partial charge in [-0.2, -0.15) is 0 Å². The van der Waals surface area contributed by atoms with E-state index in [1.165, 1.54) is 11.8 Å². The summed E-state index contributed by atoms with van der Waals surface area (Å²) in [5, 5.41) is 0. The summed E-state index contributed by atoms with van der Waals surface area (Å²) in [4.78, 5) is 10.6. The lowest BCUT2D eigenvalue weighted by molar-refractivity contribution is -0.154. The van der Waals surface area contributed by atoms with Crippen LogP contribution in [0.2, 0.25) is 0 Å².